The molecular weight excluding hydrogens is 498 g/mol. The number of amides is 2. The molecule has 198 valence electrons. The van der Waals surface area contributed by atoms with Crippen molar-refractivity contribution in [3.8, 4) is 5.75 Å². The van der Waals surface area contributed by atoms with Gasteiger partial charge in [0.15, 0.2) is 0 Å². The highest BCUT2D eigenvalue weighted by atomic mass is 32.2. The van der Waals surface area contributed by atoms with Gasteiger partial charge in [-0.15, -0.1) is 0 Å². The predicted octanol–water partition coefficient (Wildman–Crippen LogP) is 4.60. The number of hydrogen-bond donors (Lipinski definition) is 3. The lowest BCUT2D eigenvalue weighted by molar-refractivity contribution is -0.133. The molecule has 0 unspecified atom stereocenters. The summed E-state index contributed by atoms with van der Waals surface area (Å²) in [5, 5.41) is 14.0. The molecular formula is C30H33N3O4S. The van der Waals surface area contributed by atoms with Crippen LogP contribution < -0.4 is 5.32 Å². The van der Waals surface area contributed by atoms with E-state index in [9.17, 15) is 14.7 Å². The summed E-state index contributed by atoms with van der Waals surface area (Å²) in [5.74, 6) is 2.34. The molecule has 3 aromatic rings. The Labute approximate surface area is 226 Å². The lowest BCUT2D eigenvalue weighted by Crippen LogP contribution is -2.48. The summed E-state index contributed by atoms with van der Waals surface area (Å²) in [4.78, 5) is 32.3. The number of aromatic hydroxyl groups is 1. The summed E-state index contributed by atoms with van der Waals surface area (Å²) in [6.07, 6.45) is 6.67. The van der Waals surface area contributed by atoms with Gasteiger partial charge in [-0.25, -0.2) is 0 Å². The van der Waals surface area contributed by atoms with Gasteiger partial charge in [-0.3, -0.25) is 9.59 Å². The van der Waals surface area contributed by atoms with Crippen molar-refractivity contribution in [3.05, 3.63) is 88.5 Å². The fourth-order valence-electron chi connectivity index (χ4n) is 5.17. The van der Waals surface area contributed by atoms with Crippen LogP contribution in [0, 0.1) is 0 Å². The van der Waals surface area contributed by atoms with E-state index in [1.54, 1.807) is 31.2 Å². The molecule has 0 spiro atoms. The number of aromatic nitrogens is 1. The van der Waals surface area contributed by atoms with E-state index in [2.05, 4.69) is 22.4 Å². The average molecular weight is 532 g/mol. The number of benzene rings is 2. The second-order valence-corrected chi connectivity index (χ2v) is 10.9. The zero-order chi connectivity index (χ0) is 26.6. The highest BCUT2D eigenvalue weighted by molar-refractivity contribution is 7.98. The smallest absolute Gasteiger partial charge is 0.249 e. The van der Waals surface area contributed by atoms with E-state index in [-0.39, 0.29) is 24.0 Å². The number of carbonyl (C=O) groups is 2. The topological polar surface area (TPSA) is 94.7 Å². The van der Waals surface area contributed by atoms with Gasteiger partial charge in [0.25, 0.3) is 0 Å². The number of ether oxygens (including phenoxy) is 1. The predicted molar refractivity (Wildman–Crippen MR) is 151 cm³/mol. The molecule has 0 radical (unpaired) electrons. The van der Waals surface area contributed by atoms with E-state index in [4.69, 9.17) is 4.74 Å². The number of methoxy groups -OCH3 is 1. The number of phenolic OH excluding ortho intramolecular Hbond substituents is 1. The van der Waals surface area contributed by atoms with Crippen molar-refractivity contribution in [2.45, 2.75) is 43.9 Å². The zero-order valence-corrected chi connectivity index (χ0v) is 22.6. The number of nitrogens with one attached hydrogen (secondary N) is 2. The van der Waals surface area contributed by atoms with Crippen LogP contribution in [-0.2, 0) is 39.3 Å². The Morgan fingerprint density at radius 3 is 2.74 bits per heavy atom. The average Bonchev–Trinajstić information content (AvgIpc) is 3.25. The molecule has 38 heavy (non-hydrogen) atoms. The Morgan fingerprint density at radius 2 is 1.95 bits per heavy atom. The molecule has 2 aromatic carbocycles. The first kappa shape index (κ1) is 26.0. The third-order valence-electron chi connectivity index (χ3n) is 7.27. The Hall–Kier alpha value is -3.65. The van der Waals surface area contributed by atoms with Crippen molar-refractivity contribution in [2.75, 3.05) is 19.9 Å². The lowest BCUT2D eigenvalue weighted by atomic mass is 10.00. The highest BCUT2D eigenvalue weighted by Gasteiger charge is 2.28. The molecule has 0 saturated carbocycles. The highest BCUT2D eigenvalue weighted by Crippen LogP contribution is 2.30. The van der Waals surface area contributed by atoms with Gasteiger partial charge in [0.05, 0.1) is 19.3 Å². The number of nitrogens with zero attached hydrogens (tertiary/aromatic N) is 1. The van der Waals surface area contributed by atoms with Gasteiger partial charge in [-0.05, 0) is 65.6 Å². The molecule has 5 rings (SSSR count). The van der Waals surface area contributed by atoms with Crippen LogP contribution in [0.15, 0.2) is 66.1 Å². The van der Waals surface area contributed by atoms with E-state index in [0.717, 1.165) is 63.5 Å². The number of fused-ring (bicyclic) bond motifs is 5. The van der Waals surface area contributed by atoms with Crippen molar-refractivity contribution in [1.82, 2.24) is 15.2 Å². The Kier molecular flexibility index (Phi) is 7.79. The molecule has 8 heteroatoms. The number of carbonyl (C=O) groups excluding carboxylic acids is 2. The monoisotopic (exact) mass is 531 g/mol. The maximum atomic E-state index is 13.8. The van der Waals surface area contributed by atoms with Gasteiger partial charge in [-0.1, -0.05) is 24.3 Å². The molecule has 2 aliphatic rings. The van der Waals surface area contributed by atoms with Gasteiger partial charge in [0.1, 0.15) is 11.8 Å². The number of phenols is 1. The third kappa shape index (κ3) is 5.75. The molecule has 0 fully saturated rings. The number of thioether (sulfide) groups is 1. The van der Waals surface area contributed by atoms with Crippen LogP contribution in [0.5, 0.6) is 5.75 Å². The summed E-state index contributed by atoms with van der Waals surface area (Å²) in [5.41, 5.74) is 5.86. The number of aryl methyl sites for hydroxylation is 1. The maximum absolute atomic E-state index is 13.8. The fraction of sp³-hybridized carbons (Fsp3) is 0.333. The van der Waals surface area contributed by atoms with Crippen molar-refractivity contribution in [1.29, 1.82) is 0 Å². The van der Waals surface area contributed by atoms with Crippen molar-refractivity contribution in [2.24, 2.45) is 0 Å². The SMILES string of the molecule is COC1=CC=C(N(C)C(=O)[C@@H]2Cc3cccc(c3)CCSCc3[nH]c4ccc(O)cc4c3CC(=O)N2)CC1. The van der Waals surface area contributed by atoms with E-state index < -0.39 is 6.04 Å². The number of likely N-dealkylation sites (N-methyl/N-ethyl adjacent to an activating group) is 1. The Morgan fingerprint density at radius 1 is 1.11 bits per heavy atom. The minimum atomic E-state index is -0.712. The molecule has 1 atom stereocenters. The van der Waals surface area contributed by atoms with Crippen LogP contribution in [0.1, 0.15) is 35.2 Å². The van der Waals surface area contributed by atoms with Crippen molar-refractivity contribution in [3.63, 3.8) is 0 Å². The summed E-state index contributed by atoms with van der Waals surface area (Å²) >= 11 is 1.81. The van der Waals surface area contributed by atoms with Crippen LogP contribution >= 0.6 is 11.8 Å². The molecule has 1 aromatic heterocycles. The summed E-state index contributed by atoms with van der Waals surface area (Å²) in [6, 6.07) is 12.8. The van der Waals surface area contributed by atoms with Crippen LogP contribution in [0.25, 0.3) is 10.9 Å². The van der Waals surface area contributed by atoms with Crippen LogP contribution in [0.3, 0.4) is 0 Å². The third-order valence-corrected chi connectivity index (χ3v) is 8.26. The van der Waals surface area contributed by atoms with Gasteiger partial charge >= 0.3 is 0 Å². The van der Waals surface area contributed by atoms with Crippen molar-refractivity contribution < 1.29 is 19.4 Å². The minimum absolute atomic E-state index is 0.121. The summed E-state index contributed by atoms with van der Waals surface area (Å²) < 4.78 is 5.33. The molecule has 0 saturated heterocycles. The maximum Gasteiger partial charge on any atom is 0.249 e. The van der Waals surface area contributed by atoms with Crippen LogP contribution in [0.4, 0.5) is 0 Å². The lowest BCUT2D eigenvalue weighted by Gasteiger charge is -2.28. The number of hydrogen-bond acceptors (Lipinski definition) is 5. The molecule has 1 aliphatic heterocycles. The first-order valence-corrected chi connectivity index (χ1v) is 14.1. The number of aromatic amines is 1. The number of H-pyrrole nitrogens is 1. The van der Waals surface area contributed by atoms with Gasteiger partial charge in [-0.2, -0.15) is 11.8 Å². The van der Waals surface area contributed by atoms with Gasteiger partial charge < -0.3 is 25.0 Å². The summed E-state index contributed by atoms with van der Waals surface area (Å²) in [6.45, 7) is 0. The zero-order valence-electron chi connectivity index (χ0n) is 21.8. The van der Waals surface area contributed by atoms with Crippen LogP contribution in [-0.4, -0.2) is 52.8 Å². The van der Waals surface area contributed by atoms with Crippen molar-refractivity contribution >= 4 is 34.5 Å². The van der Waals surface area contributed by atoms with E-state index in [0.29, 0.717) is 12.8 Å². The largest absolute Gasteiger partial charge is 0.508 e. The minimum Gasteiger partial charge on any atom is -0.508 e. The van der Waals surface area contributed by atoms with Gasteiger partial charge in [0.2, 0.25) is 11.8 Å². The van der Waals surface area contributed by atoms with E-state index >= 15 is 0 Å². The number of rotatable bonds is 3. The fourth-order valence-corrected chi connectivity index (χ4v) is 6.14. The molecule has 1 aliphatic carbocycles. The van der Waals surface area contributed by atoms with E-state index in [1.165, 1.54) is 5.56 Å². The second kappa shape index (κ2) is 11.4. The van der Waals surface area contributed by atoms with Gasteiger partial charge in [0, 0.05) is 47.9 Å². The molecule has 2 bridgehead atoms. The first-order chi connectivity index (χ1) is 18.4. The first-order valence-electron chi connectivity index (χ1n) is 12.9. The second-order valence-electron chi connectivity index (χ2n) is 9.83. The molecule has 2 amide bonds. The van der Waals surface area contributed by atoms with Crippen LogP contribution in [0.2, 0.25) is 0 Å². The Bertz CT molecular complexity index is 1420. The summed E-state index contributed by atoms with van der Waals surface area (Å²) in [7, 11) is 3.42. The molecule has 3 N–H and O–H groups in total. The molecule has 2 heterocycles. The number of allylic oxidation sites excluding steroid dienone is 4. The standard InChI is InChI=1S/C30H33N3O4S/c1-33(21-6-9-23(37-2)10-7-21)30(36)27-15-20-5-3-4-19(14-20)12-13-38-18-28-25(17-29(35)32-27)24-16-22(34)8-11-26(24)31-28/h3-6,8-9,11,14,16,27,31,34H,7,10,12-13,15,17-18H2,1-2H3,(H,32,35)/t27-/m0/s1. The quantitative estimate of drug-likeness (QED) is 0.459. The Balaban J connectivity index is 1.47. The normalized spacial score (nSPS) is 18.5. The van der Waals surface area contributed by atoms with E-state index in [1.807, 2.05) is 42.1 Å². The molecule has 7 nitrogen and oxygen atoms in total.